The summed E-state index contributed by atoms with van der Waals surface area (Å²) in [4.78, 5) is 0. The van der Waals surface area contributed by atoms with Gasteiger partial charge < -0.3 is 0 Å². The highest BCUT2D eigenvalue weighted by atomic mass is 28.3. The zero-order valence-corrected chi connectivity index (χ0v) is 23.7. The minimum atomic E-state index is -2.11. The first-order valence-corrected chi connectivity index (χ1v) is 17.3. The van der Waals surface area contributed by atoms with Gasteiger partial charge in [0.1, 0.15) is 8.07 Å². The van der Waals surface area contributed by atoms with Gasteiger partial charge in [0.2, 0.25) is 0 Å². The Morgan fingerprint density at radius 3 is 1.41 bits per heavy atom. The van der Waals surface area contributed by atoms with Crippen LogP contribution >= 0.6 is 0 Å². The lowest BCUT2D eigenvalue weighted by molar-refractivity contribution is 1.24. The highest BCUT2D eigenvalue weighted by molar-refractivity contribution is 7.01. The van der Waals surface area contributed by atoms with E-state index < -0.39 is 8.07 Å². The summed E-state index contributed by atoms with van der Waals surface area (Å²) in [7, 11) is -2.11. The van der Waals surface area contributed by atoms with Gasteiger partial charge >= 0.3 is 0 Å². The molecule has 39 heavy (non-hydrogen) atoms. The van der Waals surface area contributed by atoms with Crippen LogP contribution in [-0.4, -0.2) is 8.07 Å². The molecule has 0 unspecified atom stereocenters. The molecule has 8 rings (SSSR count). The van der Waals surface area contributed by atoms with E-state index >= 15 is 0 Å². The van der Waals surface area contributed by atoms with E-state index in [0.717, 1.165) is 25.7 Å². The van der Waals surface area contributed by atoms with Crippen LogP contribution in [0, 0.1) is 0 Å². The molecule has 0 saturated heterocycles. The number of allylic oxidation sites excluding steroid dienone is 8. The highest BCUT2D eigenvalue weighted by Gasteiger charge is 2.37. The van der Waals surface area contributed by atoms with Crippen LogP contribution in [-0.2, 0) is 12.8 Å². The Labute approximate surface area is 232 Å². The number of hydrogen-bond donors (Lipinski definition) is 0. The fraction of sp³-hybridized carbons (Fsp3) is 0.158. The molecule has 0 atom stereocenters. The number of fused-ring (bicyclic) bond motifs is 6. The van der Waals surface area contributed by atoms with E-state index in [1.807, 2.05) is 0 Å². The van der Waals surface area contributed by atoms with Crippen molar-refractivity contribution in [3.63, 3.8) is 0 Å². The van der Waals surface area contributed by atoms with Crippen LogP contribution in [0.15, 0.2) is 109 Å². The Bertz CT molecular complexity index is 1690. The van der Waals surface area contributed by atoms with Crippen molar-refractivity contribution in [1.29, 1.82) is 0 Å². The summed E-state index contributed by atoms with van der Waals surface area (Å²) in [6.07, 6.45) is 18.0. The third-order valence-electron chi connectivity index (χ3n) is 9.51. The molecule has 0 spiro atoms. The van der Waals surface area contributed by atoms with E-state index in [0.29, 0.717) is 0 Å². The summed E-state index contributed by atoms with van der Waals surface area (Å²) in [5.41, 5.74) is 17.8. The average molecular weight is 517 g/mol. The lowest BCUT2D eigenvalue weighted by atomic mass is 9.94. The number of hydrogen-bond acceptors (Lipinski definition) is 0. The largest absolute Gasteiger partial charge is 0.113 e. The van der Waals surface area contributed by atoms with Gasteiger partial charge in [-0.1, -0.05) is 122 Å². The maximum Gasteiger partial charge on any atom is 0.113 e. The Morgan fingerprint density at radius 1 is 0.513 bits per heavy atom. The van der Waals surface area contributed by atoms with Crippen molar-refractivity contribution in [1.82, 2.24) is 0 Å². The quantitative estimate of drug-likeness (QED) is 0.207. The molecule has 1 heteroatoms. The molecule has 0 bridgehead atoms. The first kappa shape index (κ1) is 23.0. The second kappa shape index (κ2) is 8.53. The van der Waals surface area contributed by atoms with Gasteiger partial charge in [-0.05, 0) is 103 Å². The summed E-state index contributed by atoms with van der Waals surface area (Å²) in [5.74, 6) is 0. The lowest BCUT2D eigenvalue weighted by Crippen LogP contribution is -2.55. The zero-order chi connectivity index (χ0) is 26.1. The molecule has 4 aliphatic carbocycles. The van der Waals surface area contributed by atoms with Crippen LogP contribution < -0.4 is 10.4 Å². The monoisotopic (exact) mass is 516 g/mol. The number of benzene rings is 4. The molecule has 188 valence electrons. The van der Waals surface area contributed by atoms with Gasteiger partial charge in [0.05, 0.1) is 0 Å². The topological polar surface area (TPSA) is 0 Å². The summed E-state index contributed by atoms with van der Waals surface area (Å²) in [6, 6.07) is 27.9. The summed E-state index contributed by atoms with van der Waals surface area (Å²) < 4.78 is 0. The zero-order valence-electron chi connectivity index (χ0n) is 22.7. The predicted octanol–water partition coefficient (Wildman–Crippen LogP) is 8.34. The van der Waals surface area contributed by atoms with Crippen LogP contribution in [0.1, 0.15) is 46.2 Å². The summed E-state index contributed by atoms with van der Waals surface area (Å²) >= 11 is 0. The SMILES string of the molecule is C[Si](C)(c1ccc2c(c1C1=CC=CC1)Cc1ccccc1-2)c1ccc2c(c1C1=CC=CC1)Cc1ccccc1-2. The van der Waals surface area contributed by atoms with Crippen LogP contribution in [0.25, 0.3) is 33.4 Å². The van der Waals surface area contributed by atoms with E-state index in [-0.39, 0.29) is 0 Å². The molecule has 0 radical (unpaired) electrons. The van der Waals surface area contributed by atoms with E-state index in [4.69, 9.17) is 0 Å². The minimum Gasteiger partial charge on any atom is -0.0801 e. The van der Waals surface area contributed by atoms with Gasteiger partial charge in [-0.2, -0.15) is 0 Å². The van der Waals surface area contributed by atoms with E-state index in [9.17, 15) is 0 Å². The fourth-order valence-corrected chi connectivity index (χ4v) is 10.8. The molecule has 4 aromatic rings. The molecule has 0 saturated carbocycles. The third kappa shape index (κ3) is 3.36. The Hall–Kier alpha value is -3.94. The van der Waals surface area contributed by atoms with Crippen molar-refractivity contribution < 1.29 is 0 Å². The van der Waals surface area contributed by atoms with Gasteiger partial charge in [-0.15, -0.1) is 0 Å². The maximum atomic E-state index is 2.60. The van der Waals surface area contributed by atoms with Crippen molar-refractivity contribution in [2.75, 3.05) is 0 Å². The smallest absolute Gasteiger partial charge is 0.0801 e. The van der Waals surface area contributed by atoms with Crippen molar-refractivity contribution in [2.45, 2.75) is 38.8 Å². The highest BCUT2D eigenvalue weighted by Crippen LogP contribution is 2.43. The molecule has 0 fully saturated rings. The van der Waals surface area contributed by atoms with Gasteiger partial charge in [0.15, 0.2) is 0 Å². The molecule has 0 amide bonds. The van der Waals surface area contributed by atoms with Gasteiger partial charge in [-0.3, -0.25) is 0 Å². The second-order valence-electron chi connectivity index (χ2n) is 12.0. The van der Waals surface area contributed by atoms with E-state index in [1.165, 1.54) is 44.5 Å². The van der Waals surface area contributed by atoms with Gasteiger partial charge in [0.25, 0.3) is 0 Å². The Morgan fingerprint density at radius 2 is 0.974 bits per heavy atom. The average Bonchev–Trinajstić information content (AvgIpc) is 3.77. The van der Waals surface area contributed by atoms with Crippen molar-refractivity contribution >= 4 is 29.6 Å². The van der Waals surface area contributed by atoms with Crippen LogP contribution in [0.2, 0.25) is 13.1 Å². The van der Waals surface area contributed by atoms with Gasteiger partial charge in [0, 0.05) is 0 Å². The van der Waals surface area contributed by atoms with E-state index in [2.05, 4.69) is 122 Å². The van der Waals surface area contributed by atoms with Crippen molar-refractivity contribution in [3.05, 3.63) is 143 Å². The molecule has 0 aromatic heterocycles. The molecular formula is C38H32Si. The molecular weight excluding hydrogens is 485 g/mol. The molecule has 4 aromatic carbocycles. The van der Waals surface area contributed by atoms with Crippen molar-refractivity contribution in [3.8, 4) is 22.3 Å². The normalized spacial score (nSPS) is 16.2. The molecule has 0 heterocycles. The van der Waals surface area contributed by atoms with Crippen LogP contribution in [0.3, 0.4) is 0 Å². The molecule has 0 N–H and O–H groups in total. The standard InChI is InChI=1S/C38H32Si/c1-39(2,35-21-19-31-29-17-9-7-15-27(29)23-33(31)37(35)25-11-3-4-12-25)36-22-20-32-30-18-10-8-16-28(30)24-34(32)38(36)26-13-5-6-14-26/h3-11,13,15-22H,12,14,23-24H2,1-2H3. The fourth-order valence-electron chi connectivity index (χ4n) is 7.61. The first-order valence-electron chi connectivity index (χ1n) is 14.3. The Kier molecular flexibility index (Phi) is 5.03. The molecule has 0 nitrogen and oxygen atoms in total. The number of rotatable bonds is 4. The lowest BCUT2D eigenvalue weighted by Gasteiger charge is -2.32. The Balaban J connectivity index is 1.36. The van der Waals surface area contributed by atoms with Crippen molar-refractivity contribution in [2.24, 2.45) is 0 Å². The van der Waals surface area contributed by atoms with Gasteiger partial charge in [-0.25, -0.2) is 0 Å². The second-order valence-corrected chi connectivity index (χ2v) is 16.3. The van der Waals surface area contributed by atoms with Crippen LogP contribution in [0.5, 0.6) is 0 Å². The predicted molar refractivity (Wildman–Crippen MR) is 170 cm³/mol. The first-order chi connectivity index (χ1) is 19.1. The summed E-state index contributed by atoms with van der Waals surface area (Å²) in [5, 5.41) is 3.18. The van der Waals surface area contributed by atoms with E-state index in [1.54, 1.807) is 32.6 Å². The third-order valence-corrected chi connectivity index (χ3v) is 13.0. The molecule has 4 aliphatic rings. The minimum absolute atomic E-state index is 1.03. The van der Waals surface area contributed by atoms with Crippen LogP contribution in [0.4, 0.5) is 0 Å². The molecule has 0 aliphatic heterocycles. The summed E-state index contributed by atoms with van der Waals surface area (Å²) in [6.45, 7) is 5.19. The maximum absolute atomic E-state index is 2.60.